The first-order chi connectivity index (χ1) is 14.7. The molecule has 152 valence electrons. The third kappa shape index (κ3) is 3.45. The predicted octanol–water partition coefficient (Wildman–Crippen LogP) is 4.51. The Bertz CT molecular complexity index is 1270. The molecular weight excluding hydrogens is 394 g/mol. The van der Waals surface area contributed by atoms with Gasteiger partial charge in [-0.25, -0.2) is 4.98 Å². The number of nitrogens with zero attached hydrogens (tertiary/aromatic N) is 4. The lowest BCUT2D eigenvalue weighted by atomic mass is 9.97. The number of aromatic nitrogens is 4. The summed E-state index contributed by atoms with van der Waals surface area (Å²) in [6.45, 7) is 4.92. The molecule has 3 heterocycles. The molecule has 0 saturated carbocycles. The van der Waals surface area contributed by atoms with Crippen LogP contribution in [0.1, 0.15) is 28.8 Å². The number of thiophene rings is 1. The van der Waals surface area contributed by atoms with Crippen LogP contribution in [0.25, 0.3) is 10.2 Å². The maximum Gasteiger partial charge on any atom is 0.264 e. The Kier molecular flexibility index (Phi) is 4.96. The molecule has 0 fully saturated rings. The molecule has 0 saturated heterocycles. The summed E-state index contributed by atoms with van der Waals surface area (Å²) in [5.41, 5.74) is 3.20. The van der Waals surface area contributed by atoms with Gasteiger partial charge in [0, 0.05) is 17.6 Å². The molecule has 7 heteroatoms. The fourth-order valence-corrected chi connectivity index (χ4v) is 5.30. The topological polar surface area (TPSA) is 64.7 Å². The number of allylic oxidation sites excluding steroid dienone is 1. The number of aryl methyl sites for hydroxylation is 2. The molecule has 1 aliphatic rings. The molecule has 1 N–H and O–H groups in total. The van der Waals surface area contributed by atoms with Crippen LogP contribution < -0.4 is 10.9 Å². The van der Waals surface area contributed by atoms with Crippen molar-refractivity contribution in [2.24, 2.45) is 0 Å². The summed E-state index contributed by atoms with van der Waals surface area (Å²) in [5, 5.41) is 8.54. The summed E-state index contributed by atoms with van der Waals surface area (Å²) in [5.74, 6) is 0.533. The number of anilines is 2. The second-order valence-electron chi connectivity index (χ2n) is 7.57. The average Bonchev–Trinajstić information content (AvgIpc) is 3.35. The molecule has 1 aliphatic carbocycles. The zero-order chi connectivity index (χ0) is 20.5. The Morgan fingerprint density at radius 1 is 1.20 bits per heavy atom. The molecule has 5 rings (SSSR count). The molecule has 4 aromatic rings. The van der Waals surface area contributed by atoms with E-state index in [9.17, 15) is 4.79 Å². The zero-order valence-corrected chi connectivity index (χ0v) is 17.5. The van der Waals surface area contributed by atoms with Crippen LogP contribution >= 0.6 is 11.3 Å². The minimum absolute atomic E-state index is 0.0125. The van der Waals surface area contributed by atoms with Gasteiger partial charge in [0.05, 0.1) is 23.8 Å². The second-order valence-corrected chi connectivity index (χ2v) is 8.65. The number of rotatable bonds is 6. The highest BCUT2D eigenvalue weighted by molar-refractivity contribution is 7.18. The zero-order valence-electron chi connectivity index (χ0n) is 16.7. The van der Waals surface area contributed by atoms with Gasteiger partial charge in [0.15, 0.2) is 0 Å². The van der Waals surface area contributed by atoms with Crippen LogP contribution in [0.3, 0.4) is 0 Å². The van der Waals surface area contributed by atoms with E-state index in [1.54, 1.807) is 28.2 Å². The SMILES string of the molecule is C=CCn1c(Nc2cnn(Cc3ccccc3)c2)nc2sc3c(c2c1=O)CCCC3. The van der Waals surface area contributed by atoms with Gasteiger partial charge in [-0.1, -0.05) is 36.4 Å². The number of benzene rings is 1. The van der Waals surface area contributed by atoms with Gasteiger partial charge in [0.2, 0.25) is 5.95 Å². The van der Waals surface area contributed by atoms with E-state index in [0.29, 0.717) is 19.0 Å². The van der Waals surface area contributed by atoms with Gasteiger partial charge in [0.1, 0.15) is 4.83 Å². The summed E-state index contributed by atoms with van der Waals surface area (Å²) in [6, 6.07) is 10.2. The van der Waals surface area contributed by atoms with Crippen molar-refractivity contribution in [1.82, 2.24) is 19.3 Å². The second kappa shape index (κ2) is 7.91. The third-order valence-electron chi connectivity index (χ3n) is 5.46. The van der Waals surface area contributed by atoms with E-state index in [2.05, 4.69) is 29.1 Å². The molecule has 6 nitrogen and oxygen atoms in total. The van der Waals surface area contributed by atoms with Gasteiger partial charge in [-0.05, 0) is 36.8 Å². The summed E-state index contributed by atoms with van der Waals surface area (Å²) in [7, 11) is 0. The molecule has 1 aromatic carbocycles. The van der Waals surface area contributed by atoms with Crippen LogP contribution in [0.2, 0.25) is 0 Å². The van der Waals surface area contributed by atoms with E-state index in [1.807, 2.05) is 29.1 Å². The molecule has 0 spiro atoms. The van der Waals surface area contributed by atoms with Gasteiger partial charge in [-0.15, -0.1) is 17.9 Å². The maximum atomic E-state index is 13.3. The minimum Gasteiger partial charge on any atom is -0.323 e. The summed E-state index contributed by atoms with van der Waals surface area (Å²) in [4.78, 5) is 20.3. The van der Waals surface area contributed by atoms with Crippen molar-refractivity contribution >= 4 is 33.2 Å². The molecule has 3 aromatic heterocycles. The molecule has 30 heavy (non-hydrogen) atoms. The lowest BCUT2D eigenvalue weighted by Crippen LogP contribution is -2.24. The molecule has 0 aliphatic heterocycles. The molecule has 0 amide bonds. The lowest BCUT2D eigenvalue weighted by Gasteiger charge is -2.13. The highest BCUT2D eigenvalue weighted by Crippen LogP contribution is 2.34. The van der Waals surface area contributed by atoms with Crippen molar-refractivity contribution in [3.63, 3.8) is 0 Å². The van der Waals surface area contributed by atoms with Crippen molar-refractivity contribution in [2.45, 2.75) is 38.8 Å². The largest absolute Gasteiger partial charge is 0.323 e. The quantitative estimate of drug-likeness (QED) is 0.469. The van der Waals surface area contributed by atoms with Crippen LogP contribution in [-0.2, 0) is 25.9 Å². The first kappa shape index (κ1) is 18.8. The van der Waals surface area contributed by atoms with E-state index < -0.39 is 0 Å². The fourth-order valence-electron chi connectivity index (χ4n) is 4.05. The predicted molar refractivity (Wildman–Crippen MR) is 122 cm³/mol. The van der Waals surface area contributed by atoms with E-state index in [1.165, 1.54) is 22.4 Å². The summed E-state index contributed by atoms with van der Waals surface area (Å²) < 4.78 is 3.54. The Labute approximate surface area is 178 Å². The van der Waals surface area contributed by atoms with Crippen molar-refractivity contribution in [3.05, 3.63) is 81.7 Å². The van der Waals surface area contributed by atoms with Gasteiger partial charge in [-0.3, -0.25) is 14.0 Å². The third-order valence-corrected chi connectivity index (χ3v) is 6.65. The molecule has 0 radical (unpaired) electrons. The van der Waals surface area contributed by atoms with E-state index in [0.717, 1.165) is 35.2 Å². The highest BCUT2D eigenvalue weighted by atomic mass is 32.1. The van der Waals surface area contributed by atoms with E-state index in [4.69, 9.17) is 4.98 Å². The molecule has 0 bridgehead atoms. The normalized spacial score (nSPS) is 13.3. The van der Waals surface area contributed by atoms with Crippen molar-refractivity contribution in [3.8, 4) is 0 Å². The Balaban J connectivity index is 1.50. The smallest absolute Gasteiger partial charge is 0.264 e. The lowest BCUT2D eigenvalue weighted by molar-refractivity contribution is 0.687. The molecular formula is C23H23N5OS. The van der Waals surface area contributed by atoms with Crippen LogP contribution in [0.5, 0.6) is 0 Å². The Hall–Kier alpha value is -3.19. The summed E-state index contributed by atoms with van der Waals surface area (Å²) in [6.07, 6.45) is 9.77. The monoisotopic (exact) mass is 417 g/mol. The van der Waals surface area contributed by atoms with E-state index in [-0.39, 0.29) is 5.56 Å². The Morgan fingerprint density at radius 3 is 2.87 bits per heavy atom. The first-order valence-electron chi connectivity index (χ1n) is 10.2. The maximum absolute atomic E-state index is 13.3. The number of nitrogens with one attached hydrogen (secondary N) is 1. The van der Waals surface area contributed by atoms with Crippen LogP contribution in [0.15, 0.2) is 60.2 Å². The van der Waals surface area contributed by atoms with Crippen LogP contribution in [0, 0.1) is 0 Å². The molecule has 0 unspecified atom stereocenters. The van der Waals surface area contributed by atoms with Gasteiger partial charge in [-0.2, -0.15) is 5.10 Å². The minimum atomic E-state index is 0.0125. The van der Waals surface area contributed by atoms with Crippen LogP contribution in [-0.4, -0.2) is 19.3 Å². The van der Waals surface area contributed by atoms with Gasteiger partial charge < -0.3 is 5.32 Å². The van der Waals surface area contributed by atoms with Gasteiger partial charge >= 0.3 is 0 Å². The van der Waals surface area contributed by atoms with Gasteiger partial charge in [0.25, 0.3) is 5.56 Å². The van der Waals surface area contributed by atoms with E-state index >= 15 is 0 Å². The Morgan fingerprint density at radius 2 is 2.03 bits per heavy atom. The van der Waals surface area contributed by atoms with Crippen molar-refractivity contribution < 1.29 is 0 Å². The first-order valence-corrected chi connectivity index (χ1v) is 11.0. The summed E-state index contributed by atoms with van der Waals surface area (Å²) >= 11 is 1.66. The number of fused-ring (bicyclic) bond motifs is 3. The number of hydrogen-bond donors (Lipinski definition) is 1. The standard InChI is InChI=1S/C23H23N5OS/c1-2-12-28-22(29)20-18-10-6-7-11-19(18)30-21(20)26-23(28)25-17-13-24-27(15-17)14-16-8-4-3-5-9-16/h2-5,8-9,13,15H,1,6-7,10-12,14H2,(H,25,26). The number of hydrogen-bond acceptors (Lipinski definition) is 5. The van der Waals surface area contributed by atoms with Crippen molar-refractivity contribution in [1.29, 1.82) is 0 Å². The molecule has 0 atom stereocenters. The van der Waals surface area contributed by atoms with Crippen LogP contribution in [0.4, 0.5) is 11.6 Å². The van der Waals surface area contributed by atoms with Crippen molar-refractivity contribution in [2.75, 3.05) is 5.32 Å². The average molecular weight is 418 g/mol. The fraction of sp³-hybridized carbons (Fsp3) is 0.261. The highest BCUT2D eigenvalue weighted by Gasteiger charge is 2.22.